The standard InChI is InChI=1S/C16H17BO2P/c1-20(17,13-7-3-2-4-8-13)15-10-6-5-9-14(15)16-18-11-12-19-16/h2-10,16H,11-12H2,1H3/q+1. The summed E-state index contributed by atoms with van der Waals surface area (Å²) in [7, 11) is 4.83. The molecule has 0 bridgehead atoms. The van der Waals surface area contributed by atoms with Crippen molar-refractivity contribution in [3.05, 3.63) is 60.2 Å². The summed E-state index contributed by atoms with van der Waals surface area (Å²) in [6, 6.07) is 18.5. The predicted molar refractivity (Wildman–Crippen MR) is 85.4 cm³/mol. The van der Waals surface area contributed by atoms with Crippen LogP contribution in [0.2, 0.25) is 0 Å². The first-order valence-corrected chi connectivity index (χ1v) is 9.03. The smallest absolute Gasteiger partial charge is 0.346 e. The monoisotopic (exact) mass is 283 g/mol. The van der Waals surface area contributed by atoms with Gasteiger partial charge < -0.3 is 9.47 Å². The summed E-state index contributed by atoms with van der Waals surface area (Å²) in [6.45, 7) is 3.42. The largest absolute Gasteiger partial charge is 0.377 e. The maximum Gasteiger partial charge on any atom is 0.377 e. The van der Waals surface area contributed by atoms with E-state index in [1.165, 1.54) is 5.30 Å². The van der Waals surface area contributed by atoms with Crippen molar-refractivity contribution >= 4 is 25.3 Å². The zero-order chi connectivity index (χ0) is 14.0. The van der Waals surface area contributed by atoms with Crippen molar-refractivity contribution in [1.82, 2.24) is 0 Å². The number of hydrogen-bond donors (Lipinski definition) is 0. The Morgan fingerprint density at radius 3 is 2.25 bits per heavy atom. The minimum absolute atomic E-state index is 0.280. The molecule has 1 aliphatic rings. The zero-order valence-corrected chi connectivity index (χ0v) is 12.4. The van der Waals surface area contributed by atoms with Crippen molar-refractivity contribution in [2.45, 2.75) is 6.29 Å². The maximum absolute atomic E-state index is 6.73. The Labute approximate surface area is 121 Å². The molecule has 0 spiro atoms. The predicted octanol–water partition coefficient (Wildman–Crippen LogP) is 2.41. The Balaban J connectivity index is 2.05. The first-order valence-electron chi connectivity index (χ1n) is 6.73. The summed E-state index contributed by atoms with van der Waals surface area (Å²) in [5.41, 5.74) is 1.06. The van der Waals surface area contributed by atoms with Gasteiger partial charge in [-0.3, -0.25) is 0 Å². The number of ether oxygens (including phenoxy) is 2. The van der Waals surface area contributed by atoms with Gasteiger partial charge in [0.2, 0.25) is 0 Å². The van der Waals surface area contributed by atoms with Crippen LogP contribution in [0.1, 0.15) is 11.9 Å². The highest BCUT2D eigenvalue weighted by Crippen LogP contribution is 2.49. The Bertz CT molecular complexity index is 580. The molecule has 1 unspecified atom stereocenters. The molecule has 3 rings (SSSR count). The lowest BCUT2D eigenvalue weighted by Crippen LogP contribution is -2.26. The highest BCUT2D eigenvalue weighted by Gasteiger charge is 2.36. The molecule has 0 amide bonds. The number of benzene rings is 2. The average molecular weight is 283 g/mol. The summed E-state index contributed by atoms with van der Waals surface area (Å²) in [5, 5.41) is 2.34. The second-order valence-electron chi connectivity index (χ2n) is 5.04. The normalized spacial score (nSPS) is 18.9. The van der Waals surface area contributed by atoms with E-state index in [1.807, 2.05) is 30.3 Å². The van der Waals surface area contributed by atoms with Crippen LogP contribution in [-0.2, 0) is 9.47 Å². The lowest BCUT2D eigenvalue weighted by molar-refractivity contribution is -0.0433. The molecule has 2 radical (unpaired) electrons. The first kappa shape index (κ1) is 13.8. The van der Waals surface area contributed by atoms with E-state index in [1.54, 1.807) is 0 Å². The van der Waals surface area contributed by atoms with E-state index in [9.17, 15) is 0 Å². The molecule has 20 heavy (non-hydrogen) atoms. The molecule has 0 aliphatic carbocycles. The molecule has 4 heteroatoms. The van der Waals surface area contributed by atoms with Crippen LogP contribution in [0.4, 0.5) is 0 Å². The highest BCUT2D eigenvalue weighted by molar-refractivity contribution is 8.08. The zero-order valence-electron chi connectivity index (χ0n) is 11.5. The van der Waals surface area contributed by atoms with Crippen LogP contribution in [0.15, 0.2) is 54.6 Å². The van der Waals surface area contributed by atoms with E-state index in [-0.39, 0.29) is 6.29 Å². The van der Waals surface area contributed by atoms with Gasteiger partial charge >= 0.3 is 7.57 Å². The van der Waals surface area contributed by atoms with Crippen molar-refractivity contribution in [2.24, 2.45) is 0 Å². The minimum atomic E-state index is -1.90. The molecule has 1 fully saturated rings. The fourth-order valence-electron chi connectivity index (χ4n) is 2.52. The van der Waals surface area contributed by atoms with Crippen LogP contribution in [0.5, 0.6) is 0 Å². The summed E-state index contributed by atoms with van der Waals surface area (Å²) < 4.78 is 11.3. The van der Waals surface area contributed by atoms with Gasteiger partial charge in [-0.1, -0.05) is 36.4 Å². The van der Waals surface area contributed by atoms with E-state index < -0.39 is 7.14 Å². The van der Waals surface area contributed by atoms with Crippen molar-refractivity contribution < 1.29 is 9.47 Å². The van der Waals surface area contributed by atoms with E-state index in [2.05, 4.69) is 30.9 Å². The Morgan fingerprint density at radius 2 is 1.55 bits per heavy atom. The van der Waals surface area contributed by atoms with Crippen LogP contribution >= 0.6 is 7.14 Å². The van der Waals surface area contributed by atoms with Gasteiger partial charge in [0, 0.05) is 19.4 Å². The fourth-order valence-corrected chi connectivity index (χ4v) is 4.71. The Morgan fingerprint density at radius 1 is 0.950 bits per heavy atom. The van der Waals surface area contributed by atoms with E-state index in [4.69, 9.17) is 17.0 Å². The summed E-state index contributed by atoms with van der Waals surface area (Å²) >= 11 is 0. The molecule has 1 aliphatic heterocycles. The molecule has 0 saturated carbocycles. The molecule has 0 N–H and O–H groups in total. The molecular weight excluding hydrogens is 266 g/mol. The van der Waals surface area contributed by atoms with Crippen molar-refractivity contribution in [2.75, 3.05) is 19.9 Å². The molecule has 1 saturated heterocycles. The molecular formula is C16H17BO2P+. The molecule has 0 aromatic heterocycles. The van der Waals surface area contributed by atoms with Gasteiger partial charge in [0.15, 0.2) is 6.29 Å². The molecule has 1 atom stereocenters. The van der Waals surface area contributed by atoms with Gasteiger partial charge in [0.25, 0.3) is 0 Å². The summed E-state index contributed by atoms with van der Waals surface area (Å²) in [5.74, 6) is 0. The van der Waals surface area contributed by atoms with E-state index >= 15 is 0 Å². The van der Waals surface area contributed by atoms with Crippen LogP contribution in [0.3, 0.4) is 0 Å². The topological polar surface area (TPSA) is 18.5 Å². The average Bonchev–Trinajstić information content (AvgIpc) is 3.02. The molecule has 100 valence electrons. The highest BCUT2D eigenvalue weighted by atomic mass is 31.2. The second kappa shape index (κ2) is 5.69. The van der Waals surface area contributed by atoms with E-state index in [0.717, 1.165) is 10.9 Å². The second-order valence-corrected chi connectivity index (χ2v) is 8.19. The maximum atomic E-state index is 6.73. The SMILES string of the molecule is [B][P+](C)(c1ccccc1)c1ccccc1C1OCCO1. The van der Waals surface area contributed by atoms with Gasteiger partial charge in [-0.15, -0.1) is 0 Å². The van der Waals surface area contributed by atoms with Gasteiger partial charge in [-0.05, 0) is 18.2 Å². The van der Waals surface area contributed by atoms with Gasteiger partial charge in [0.1, 0.15) is 0 Å². The van der Waals surface area contributed by atoms with Gasteiger partial charge in [-0.25, -0.2) is 0 Å². The Hall–Kier alpha value is -1.15. The first-order chi connectivity index (χ1) is 9.69. The van der Waals surface area contributed by atoms with Crippen LogP contribution < -0.4 is 10.6 Å². The van der Waals surface area contributed by atoms with Gasteiger partial charge in [0.05, 0.1) is 23.8 Å². The van der Waals surface area contributed by atoms with E-state index in [0.29, 0.717) is 13.2 Å². The molecule has 2 aromatic carbocycles. The third kappa shape index (κ3) is 2.54. The number of rotatable bonds is 3. The Kier molecular flexibility index (Phi) is 3.93. The van der Waals surface area contributed by atoms with Crippen LogP contribution in [0.25, 0.3) is 0 Å². The fraction of sp³-hybridized carbons (Fsp3) is 0.250. The van der Waals surface area contributed by atoms with Crippen molar-refractivity contribution in [3.8, 4) is 0 Å². The molecule has 1 heterocycles. The minimum Gasteiger partial charge on any atom is -0.346 e. The van der Waals surface area contributed by atoms with Crippen LogP contribution in [0, 0.1) is 0 Å². The summed E-state index contributed by atoms with van der Waals surface area (Å²) in [4.78, 5) is 0. The quantitative estimate of drug-likeness (QED) is 0.636. The number of hydrogen-bond acceptors (Lipinski definition) is 2. The summed E-state index contributed by atoms with van der Waals surface area (Å²) in [6.07, 6.45) is -0.280. The molecule has 2 nitrogen and oxygen atoms in total. The van der Waals surface area contributed by atoms with Crippen LogP contribution in [-0.4, -0.2) is 27.4 Å². The third-order valence-electron chi connectivity index (χ3n) is 3.61. The molecule has 2 aromatic rings. The van der Waals surface area contributed by atoms with Crippen molar-refractivity contribution in [3.63, 3.8) is 0 Å². The lowest BCUT2D eigenvalue weighted by Gasteiger charge is -2.23. The lowest BCUT2D eigenvalue weighted by atomic mass is 10.2. The third-order valence-corrected chi connectivity index (χ3v) is 6.38. The van der Waals surface area contributed by atoms with Gasteiger partial charge in [-0.2, -0.15) is 0 Å². The van der Waals surface area contributed by atoms with Crippen molar-refractivity contribution in [1.29, 1.82) is 0 Å².